The van der Waals surface area contributed by atoms with Gasteiger partial charge in [0.15, 0.2) is 26.2 Å². The number of rotatable bonds is 7. The van der Waals surface area contributed by atoms with Gasteiger partial charge in [0.05, 0.1) is 10.9 Å². The summed E-state index contributed by atoms with van der Waals surface area (Å²) in [4.78, 5) is 16.1. The summed E-state index contributed by atoms with van der Waals surface area (Å²) in [5.74, 6) is 2.81. The minimum absolute atomic E-state index is 0.291. The molecule has 4 aliphatic carbocycles. The average Bonchev–Trinajstić information content (AvgIpc) is 3.75. The van der Waals surface area contributed by atoms with Crippen molar-refractivity contribution in [2.24, 2.45) is 35.5 Å². The third-order valence-electron chi connectivity index (χ3n) is 10.3. The number of ether oxygens (including phenoxy) is 3. The van der Waals surface area contributed by atoms with Crippen LogP contribution in [0.15, 0.2) is 93.5 Å². The lowest BCUT2D eigenvalue weighted by atomic mass is 9.65. The molecule has 8 heteroatoms. The predicted octanol–water partition coefficient (Wildman–Crippen LogP) is 9.05. The topological polar surface area (TPSA) is 44.8 Å². The second kappa shape index (κ2) is 10.5. The number of carbonyl (C=O) groups is 1. The highest BCUT2D eigenvalue weighted by Crippen LogP contribution is 2.70. The Balaban J connectivity index is 1.19. The van der Waals surface area contributed by atoms with Gasteiger partial charge < -0.3 is 14.2 Å². The highest BCUT2D eigenvalue weighted by atomic mass is 32.2. The number of hydrogen-bond donors (Lipinski definition) is 0. The summed E-state index contributed by atoms with van der Waals surface area (Å²) in [7, 11) is -0.659. The van der Waals surface area contributed by atoms with Crippen molar-refractivity contribution in [2.45, 2.75) is 72.1 Å². The number of hydrogen-bond acceptors (Lipinski definition) is 4. The summed E-state index contributed by atoms with van der Waals surface area (Å²) in [6, 6.07) is 23.8. The number of fused-ring (bicyclic) bond motifs is 9. The van der Waals surface area contributed by atoms with Crippen molar-refractivity contribution in [1.29, 1.82) is 0 Å². The van der Waals surface area contributed by atoms with Crippen LogP contribution in [0.5, 0.6) is 11.5 Å². The summed E-state index contributed by atoms with van der Waals surface area (Å²) in [6.45, 7) is 2.04. The molecule has 4 fully saturated rings. The molecular formula is C34H34F3O4S+. The van der Waals surface area contributed by atoms with E-state index < -0.39 is 34.8 Å². The zero-order valence-corrected chi connectivity index (χ0v) is 24.2. The molecule has 0 N–H and O–H groups in total. The first-order valence-electron chi connectivity index (χ1n) is 14.9. The van der Waals surface area contributed by atoms with Crippen molar-refractivity contribution in [1.82, 2.24) is 0 Å². The fraction of sp³-hybridized carbons (Fsp3) is 0.441. The SMILES string of the molecule is CCC1(OC(=O)Oc2cc([S+](c3ccccc3)c3ccccc3)ccc2OC(F)(F)F)CC2CC1C1C3CCC(C3)C21. The van der Waals surface area contributed by atoms with Crippen LogP contribution in [-0.2, 0) is 15.6 Å². The van der Waals surface area contributed by atoms with Gasteiger partial charge in [-0.3, -0.25) is 0 Å². The fourth-order valence-electron chi connectivity index (χ4n) is 9.00. The summed E-state index contributed by atoms with van der Waals surface area (Å²) in [5.41, 5.74) is -0.631. The van der Waals surface area contributed by atoms with E-state index in [1.165, 1.54) is 31.4 Å². The second-order valence-electron chi connectivity index (χ2n) is 12.3. The molecule has 0 aromatic heterocycles. The number of carbonyl (C=O) groups excluding carboxylic acids is 1. The van der Waals surface area contributed by atoms with Crippen molar-refractivity contribution in [3.63, 3.8) is 0 Å². The van der Waals surface area contributed by atoms with Gasteiger partial charge in [0.2, 0.25) is 0 Å². The molecule has 3 aromatic rings. The Morgan fingerprint density at radius 2 is 1.48 bits per heavy atom. The minimum atomic E-state index is -4.95. The standard InChI is InChI=1S/C34H34F3O4S/c1-2-33(20-23-18-27(33)31-22-14-13-21(17-22)30(23)31)41-32(38)39-29-19-26(15-16-28(29)40-34(35,36)37)42(24-9-5-3-6-10-24)25-11-7-4-8-12-25/h3-12,15-16,19,21-23,27,30-31H,2,13-14,17-18,20H2,1H3/q+1. The van der Waals surface area contributed by atoms with Gasteiger partial charge in [0.1, 0.15) is 5.60 Å². The van der Waals surface area contributed by atoms with Crippen LogP contribution in [0.2, 0.25) is 0 Å². The van der Waals surface area contributed by atoms with E-state index in [9.17, 15) is 18.0 Å². The summed E-state index contributed by atoms with van der Waals surface area (Å²) in [6.07, 6.45) is 0.508. The molecule has 4 aliphatic rings. The molecule has 4 saturated carbocycles. The van der Waals surface area contributed by atoms with E-state index >= 15 is 0 Å². The van der Waals surface area contributed by atoms with Crippen LogP contribution < -0.4 is 9.47 Å². The van der Waals surface area contributed by atoms with Gasteiger partial charge in [-0.1, -0.05) is 43.3 Å². The third kappa shape index (κ3) is 4.85. The van der Waals surface area contributed by atoms with Crippen molar-refractivity contribution >= 4 is 17.1 Å². The van der Waals surface area contributed by atoms with E-state index in [1.807, 2.05) is 67.6 Å². The largest absolute Gasteiger partial charge is 0.573 e. The quantitative estimate of drug-likeness (QED) is 0.118. The Morgan fingerprint density at radius 3 is 2.10 bits per heavy atom. The van der Waals surface area contributed by atoms with Gasteiger partial charge in [-0.2, -0.15) is 0 Å². The third-order valence-corrected chi connectivity index (χ3v) is 12.5. The molecule has 220 valence electrons. The van der Waals surface area contributed by atoms with Crippen molar-refractivity contribution in [2.75, 3.05) is 0 Å². The number of halogens is 3. The lowest BCUT2D eigenvalue weighted by Crippen LogP contribution is -2.47. The lowest BCUT2D eigenvalue weighted by molar-refractivity contribution is -0.275. The van der Waals surface area contributed by atoms with Crippen LogP contribution in [0.4, 0.5) is 18.0 Å². The predicted molar refractivity (Wildman–Crippen MR) is 152 cm³/mol. The molecule has 4 bridgehead atoms. The first-order valence-corrected chi connectivity index (χ1v) is 16.1. The Morgan fingerprint density at radius 1 is 0.833 bits per heavy atom. The minimum Gasteiger partial charge on any atom is -0.427 e. The Hall–Kier alpha value is -3.13. The van der Waals surface area contributed by atoms with E-state index in [4.69, 9.17) is 9.47 Å². The molecule has 0 saturated heterocycles. The van der Waals surface area contributed by atoms with Crippen molar-refractivity contribution in [3.05, 3.63) is 78.9 Å². The van der Waals surface area contributed by atoms with Crippen molar-refractivity contribution in [3.8, 4) is 11.5 Å². The van der Waals surface area contributed by atoms with Crippen LogP contribution >= 0.6 is 0 Å². The van der Waals surface area contributed by atoms with E-state index in [0.717, 1.165) is 34.5 Å². The molecule has 0 radical (unpaired) electrons. The van der Waals surface area contributed by atoms with Gasteiger partial charge in [-0.25, -0.2) is 4.79 Å². The van der Waals surface area contributed by atoms with E-state index in [1.54, 1.807) is 6.07 Å². The van der Waals surface area contributed by atoms with E-state index in [2.05, 4.69) is 4.74 Å². The zero-order chi connectivity index (χ0) is 29.1. The van der Waals surface area contributed by atoms with E-state index in [0.29, 0.717) is 35.0 Å². The first kappa shape index (κ1) is 27.7. The van der Waals surface area contributed by atoms with Gasteiger partial charge in [-0.15, -0.1) is 13.2 Å². The Labute approximate surface area is 246 Å². The molecule has 0 spiro atoms. The first-order chi connectivity index (χ1) is 20.2. The summed E-state index contributed by atoms with van der Waals surface area (Å²) in [5, 5.41) is 0. The maximum Gasteiger partial charge on any atom is 0.573 e. The molecule has 3 aromatic carbocycles. The molecule has 0 amide bonds. The number of benzene rings is 3. The summed E-state index contributed by atoms with van der Waals surface area (Å²) >= 11 is 0. The lowest BCUT2D eigenvalue weighted by Gasteiger charge is -2.45. The van der Waals surface area contributed by atoms with Crippen LogP contribution in [0.3, 0.4) is 0 Å². The van der Waals surface area contributed by atoms with Crippen molar-refractivity contribution < 1.29 is 32.2 Å². The second-order valence-corrected chi connectivity index (χ2v) is 14.3. The number of alkyl halides is 3. The van der Waals surface area contributed by atoms with E-state index in [-0.39, 0.29) is 5.75 Å². The van der Waals surface area contributed by atoms with Crippen LogP contribution in [0.1, 0.15) is 45.4 Å². The molecule has 0 heterocycles. The molecule has 42 heavy (non-hydrogen) atoms. The highest BCUT2D eigenvalue weighted by Gasteiger charge is 2.68. The maximum atomic E-state index is 13.4. The average molecular weight is 596 g/mol. The van der Waals surface area contributed by atoms with Crippen LogP contribution in [0, 0.1) is 35.5 Å². The summed E-state index contributed by atoms with van der Waals surface area (Å²) < 4.78 is 56.3. The molecule has 7 rings (SSSR count). The van der Waals surface area contributed by atoms with Gasteiger partial charge in [0, 0.05) is 12.0 Å². The maximum absolute atomic E-state index is 13.4. The molecule has 0 aliphatic heterocycles. The molecular weight excluding hydrogens is 561 g/mol. The Kier molecular flexibility index (Phi) is 6.95. The fourth-order valence-corrected chi connectivity index (χ4v) is 11.1. The van der Waals surface area contributed by atoms with Crippen LogP contribution in [0.25, 0.3) is 0 Å². The normalized spacial score (nSPS) is 30.9. The monoisotopic (exact) mass is 595 g/mol. The zero-order valence-electron chi connectivity index (χ0n) is 23.4. The molecule has 7 atom stereocenters. The van der Waals surface area contributed by atoms with Gasteiger partial charge in [0.25, 0.3) is 0 Å². The van der Waals surface area contributed by atoms with Gasteiger partial charge in [-0.05, 0) is 105 Å². The Bertz CT molecular complexity index is 1410. The van der Waals surface area contributed by atoms with Gasteiger partial charge >= 0.3 is 12.5 Å². The molecule has 4 nitrogen and oxygen atoms in total. The highest BCUT2D eigenvalue weighted by molar-refractivity contribution is 7.97. The molecule has 7 unspecified atom stereocenters. The smallest absolute Gasteiger partial charge is 0.427 e. The van der Waals surface area contributed by atoms with Crippen LogP contribution in [-0.4, -0.2) is 18.1 Å².